The van der Waals surface area contributed by atoms with Gasteiger partial charge >= 0.3 is 5.97 Å². The molecule has 0 saturated carbocycles. The second kappa shape index (κ2) is 4.14. The maximum absolute atomic E-state index is 11.2. The summed E-state index contributed by atoms with van der Waals surface area (Å²) < 4.78 is 5.44. The van der Waals surface area contributed by atoms with Gasteiger partial charge in [0.05, 0.1) is 12.2 Å². The molecule has 0 aliphatic carbocycles. The molecule has 2 heterocycles. The van der Waals surface area contributed by atoms with E-state index in [1.807, 2.05) is 18.2 Å². The van der Waals surface area contributed by atoms with Crippen LogP contribution in [-0.4, -0.2) is 22.7 Å². The first kappa shape index (κ1) is 10.8. The molecule has 18 heavy (non-hydrogen) atoms. The second-order valence-electron chi connectivity index (χ2n) is 4.15. The minimum Gasteiger partial charge on any atom is -0.493 e. The van der Waals surface area contributed by atoms with Crippen molar-refractivity contribution < 1.29 is 14.6 Å². The predicted octanol–water partition coefficient (Wildman–Crippen LogP) is 2.38. The van der Waals surface area contributed by atoms with Crippen molar-refractivity contribution in [3.8, 4) is 16.9 Å². The third kappa shape index (κ3) is 1.72. The van der Waals surface area contributed by atoms with E-state index in [0.29, 0.717) is 12.2 Å². The number of carboxylic acid groups (broad SMARTS) is 1. The first-order valence-electron chi connectivity index (χ1n) is 5.69. The third-order valence-corrected chi connectivity index (χ3v) is 3.05. The zero-order valence-corrected chi connectivity index (χ0v) is 9.59. The Morgan fingerprint density at radius 3 is 3.06 bits per heavy atom. The first-order chi connectivity index (χ1) is 8.75. The molecule has 0 spiro atoms. The summed E-state index contributed by atoms with van der Waals surface area (Å²) in [4.78, 5) is 15.2. The molecule has 0 bridgehead atoms. The largest absolute Gasteiger partial charge is 0.493 e. The van der Waals surface area contributed by atoms with E-state index in [-0.39, 0.29) is 5.56 Å². The van der Waals surface area contributed by atoms with Gasteiger partial charge in [0.1, 0.15) is 5.75 Å². The molecule has 3 rings (SSSR count). The lowest BCUT2D eigenvalue weighted by Crippen LogP contribution is -2.00. The van der Waals surface area contributed by atoms with Crippen LogP contribution in [0, 0.1) is 0 Å². The molecule has 1 aromatic carbocycles. The van der Waals surface area contributed by atoms with Crippen molar-refractivity contribution >= 4 is 5.97 Å². The molecule has 1 aliphatic rings. The zero-order chi connectivity index (χ0) is 12.5. The molecule has 0 radical (unpaired) electrons. The normalized spacial score (nSPS) is 12.9. The average molecular weight is 241 g/mol. The Labute approximate surface area is 104 Å². The van der Waals surface area contributed by atoms with Crippen LogP contribution < -0.4 is 4.74 Å². The quantitative estimate of drug-likeness (QED) is 0.876. The van der Waals surface area contributed by atoms with Crippen LogP contribution in [0.4, 0.5) is 0 Å². The Hall–Kier alpha value is -2.36. The van der Waals surface area contributed by atoms with E-state index < -0.39 is 5.97 Å². The lowest BCUT2D eigenvalue weighted by Gasteiger charge is -2.07. The van der Waals surface area contributed by atoms with Crippen molar-refractivity contribution in [3.05, 3.63) is 47.8 Å². The van der Waals surface area contributed by atoms with Gasteiger partial charge < -0.3 is 9.84 Å². The van der Waals surface area contributed by atoms with E-state index >= 15 is 0 Å². The van der Waals surface area contributed by atoms with Crippen LogP contribution in [0.25, 0.3) is 11.1 Å². The van der Waals surface area contributed by atoms with Gasteiger partial charge in [-0.1, -0.05) is 6.07 Å². The fraction of sp³-hybridized carbons (Fsp3) is 0.143. The molecule has 1 aliphatic heterocycles. The Balaban J connectivity index is 2.13. The van der Waals surface area contributed by atoms with Crippen LogP contribution in [0.3, 0.4) is 0 Å². The number of pyridine rings is 1. The van der Waals surface area contributed by atoms with Gasteiger partial charge in [0.25, 0.3) is 0 Å². The molecule has 0 atom stereocenters. The molecule has 0 saturated heterocycles. The molecule has 1 N–H and O–H groups in total. The number of fused-ring (bicyclic) bond motifs is 1. The highest BCUT2D eigenvalue weighted by atomic mass is 16.5. The van der Waals surface area contributed by atoms with Crippen molar-refractivity contribution in [1.29, 1.82) is 0 Å². The summed E-state index contributed by atoms with van der Waals surface area (Å²) >= 11 is 0. The average Bonchev–Trinajstić information content (AvgIpc) is 2.85. The minimum absolute atomic E-state index is 0.267. The molecule has 4 nitrogen and oxygen atoms in total. The molecule has 1 aromatic heterocycles. The van der Waals surface area contributed by atoms with Gasteiger partial charge in [0.2, 0.25) is 0 Å². The molecule has 0 fully saturated rings. The first-order valence-corrected chi connectivity index (χ1v) is 5.69. The van der Waals surface area contributed by atoms with E-state index in [2.05, 4.69) is 4.98 Å². The number of ether oxygens (including phenoxy) is 1. The number of hydrogen-bond acceptors (Lipinski definition) is 3. The highest BCUT2D eigenvalue weighted by Crippen LogP contribution is 2.31. The number of rotatable bonds is 2. The minimum atomic E-state index is -0.941. The summed E-state index contributed by atoms with van der Waals surface area (Å²) in [5.41, 5.74) is 2.89. The predicted molar refractivity (Wildman–Crippen MR) is 65.8 cm³/mol. The van der Waals surface area contributed by atoms with Gasteiger partial charge in [0.15, 0.2) is 0 Å². The second-order valence-corrected chi connectivity index (χ2v) is 4.15. The molecular formula is C14H11NO3. The lowest BCUT2D eigenvalue weighted by atomic mass is 9.99. The van der Waals surface area contributed by atoms with Crippen LogP contribution in [0.5, 0.6) is 5.75 Å². The van der Waals surface area contributed by atoms with Crippen LogP contribution in [0.2, 0.25) is 0 Å². The monoisotopic (exact) mass is 241 g/mol. The zero-order valence-electron chi connectivity index (χ0n) is 9.59. The molecule has 4 heteroatoms. The summed E-state index contributed by atoms with van der Waals surface area (Å²) in [5.74, 6) is -0.0522. The Kier molecular flexibility index (Phi) is 2.48. The summed E-state index contributed by atoms with van der Waals surface area (Å²) in [6.07, 6.45) is 3.94. The molecule has 0 amide bonds. The van der Waals surface area contributed by atoms with Crippen LogP contribution >= 0.6 is 0 Å². The summed E-state index contributed by atoms with van der Waals surface area (Å²) in [7, 11) is 0. The standard InChI is InChI=1S/C14H11NO3/c16-14(17)11-3-5-15-8-12(11)9-1-2-13-10(7-9)4-6-18-13/h1-3,5,7-8H,4,6H2,(H,16,17). The van der Waals surface area contributed by atoms with E-state index in [9.17, 15) is 4.79 Å². The van der Waals surface area contributed by atoms with Gasteiger partial charge in [-0.15, -0.1) is 0 Å². The molecule has 90 valence electrons. The van der Waals surface area contributed by atoms with Crippen LogP contribution in [-0.2, 0) is 6.42 Å². The smallest absolute Gasteiger partial charge is 0.336 e. The van der Waals surface area contributed by atoms with E-state index in [1.165, 1.54) is 12.3 Å². The highest BCUT2D eigenvalue weighted by Gasteiger charge is 2.16. The third-order valence-electron chi connectivity index (χ3n) is 3.05. The van der Waals surface area contributed by atoms with Crippen molar-refractivity contribution in [3.63, 3.8) is 0 Å². The summed E-state index contributed by atoms with van der Waals surface area (Å²) in [6, 6.07) is 7.25. The van der Waals surface area contributed by atoms with Gasteiger partial charge in [-0.3, -0.25) is 4.98 Å². The van der Waals surface area contributed by atoms with E-state index in [1.54, 1.807) is 6.20 Å². The molecule has 0 unspecified atom stereocenters. The summed E-state index contributed by atoms with van der Waals surface area (Å²) in [5, 5.41) is 9.17. The Morgan fingerprint density at radius 2 is 2.22 bits per heavy atom. The van der Waals surface area contributed by atoms with Crippen LogP contribution in [0.15, 0.2) is 36.7 Å². The maximum atomic E-state index is 11.2. The Bertz CT molecular complexity index is 622. The van der Waals surface area contributed by atoms with Crippen molar-refractivity contribution in [2.45, 2.75) is 6.42 Å². The van der Waals surface area contributed by atoms with Gasteiger partial charge in [-0.05, 0) is 29.3 Å². The topological polar surface area (TPSA) is 59.4 Å². The van der Waals surface area contributed by atoms with Crippen LogP contribution in [0.1, 0.15) is 15.9 Å². The van der Waals surface area contributed by atoms with Gasteiger partial charge in [-0.2, -0.15) is 0 Å². The SMILES string of the molecule is O=C(O)c1ccncc1-c1ccc2c(c1)CCO2. The molecular weight excluding hydrogens is 230 g/mol. The number of benzene rings is 1. The number of aromatic nitrogens is 1. The fourth-order valence-corrected chi connectivity index (χ4v) is 2.17. The number of aromatic carboxylic acids is 1. The molecule has 2 aromatic rings. The van der Waals surface area contributed by atoms with E-state index in [0.717, 1.165) is 23.3 Å². The maximum Gasteiger partial charge on any atom is 0.336 e. The number of carbonyl (C=O) groups is 1. The van der Waals surface area contributed by atoms with Crippen molar-refractivity contribution in [2.24, 2.45) is 0 Å². The number of nitrogens with zero attached hydrogens (tertiary/aromatic N) is 1. The van der Waals surface area contributed by atoms with E-state index in [4.69, 9.17) is 9.84 Å². The summed E-state index contributed by atoms with van der Waals surface area (Å²) in [6.45, 7) is 0.692. The van der Waals surface area contributed by atoms with Crippen molar-refractivity contribution in [1.82, 2.24) is 4.98 Å². The van der Waals surface area contributed by atoms with Crippen molar-refractivity contribution in [2.75, 3.05) is 6.61 Å². The van der Waals surface area contributed by atoms with Gasteiger partial charge in [0, 0.05) is 24.4 Å². The van der Waals surface area contributed by atoms with Gasteiger partial charge in [-0.25, -0.2) is 4.79 Å². The highest BCUT2D eigenvalue weighted by molar-refractivity contribution is 5.95. The Morgan fingerprint density at radius 1 is 1.33 bits per heavy atom. The number of carboxylic acids is 1. The fourth-order valence-electron chi connectivity index (χ4n) is 2.17. The number of hydrogen-bond donors (Lipinski definition) is 1. The lowest BCUT2D eigenvalue weighted by molar-refractivity contribution is 0.0697.